The molecule has 2 bridgehead atoms. The molecule has 0 amide bonds. The van der Waals surface area contributed by atoms with E-state index in [0.29, 0.717) is 18.7 Å². The predicted molar refractivity (Wildman–Crippen MR) is 93.7 cm³/mol. The van der Waals surface area contributed by atoms with E-state index in [-0.39, 0.29) is 11.8 Å². The van der Waals surface area contributed by atoms with E-state index in [2.05, 4.69) is 4.72 Å². The van der Waals surface area contributed by atoms with Gasteiger partial charge in [-0.25, -0.2) is 4.79 Å². The van der Waals surface area contributed by atoms with Gasteiger partial charge in [0.1, 0.15) is 0 Å². The van der Waals surface area contributed by atoms with Gasteiger partial charge in [0.05, 0.1) is 11.1 Å². The number of carboxylic acid groups (broad SMARTS) is 1. The molecule has 1 saturated carbocycles. The Morgan fingerprint density at radius 2 is 1.96 bits per heavy atom. The van der Waals surface area contributed by atoms with Crippen LogP contribution in [-0.4, -0.2) is 42.4 Å². The normalized spacial score (nSPS) is 33.3. The number of carboxylic acids is 1. The molecule has 3 aliphatic rings. The van der Waals surface area contributed by atoms with Crippen molar-refractivity contribution in [1.29, 1.82) is 0 Å². The molecule has 0 radical (unpaired) electrons. The van der Waals surface area contributed by atoms with Gasteiger partial charge in [0.25, 0.3) is 10.2 Å². The van der Waals surface area contributed by atoms with Gasteiger partial charge in [-0.1, -0.05) is 13.0 Å². The molecule has 6 nitrogen and oxygen atoms in total. The molecular weight excluding hydrogens is 340 g/mol. The average molecular weight is 364 g/mol. The van der Waals surface area contributed by atoms with E-state index in [0.717, 1.165) is 37.7 Å². The third kappa shape index (κ3) is 2.60. The summed E-state index contributed by atoms with van der Waals surface area (Å²) in [4.78, 5) is 11.3. The molecule has 1 saturated heterocycles. The second kappa shape index (κ2) is 5.79. The van der Waals surface area contributed by atoms with Crippen LogP contribution in [0, 0.1) is 11.8 Å². The number of benzene rings is 1. The second-order valence-corrected chi connectivity index (χ2v) is 9.32. The third-order valence-electron chi connectivity index (χ3n) is 6.28. The van der Waals surface area contributed by atoms with E-state index in [4.69, 9.17) is 0 Å². The summed E-state index contributed by atoms with van der Waals surface area (Å²) in [5, 5.41) is 9.26. The number of hydrogen-bond donors (Lipinski definition) is 2. The molecule has 0 aromatic heterocycles. The Morgan fingerprint density at radius 1 is 1.28 bits per heavy atom. The van der Waals surface area contributed by atoms with Crippen LogP contribution in [0.15, 0.2) is 18.2 Å². The Hall–Kier alpha value is -1.44. The van der Waals surface area contributed by atoms with E-state index >= 15 is 0 Å². The number of nitrogens with one attached hydrogen (secondary N) is 1. The van der Waals surface area contributed by atoms with E-state index < -0.39 is 21.7 Å². The Balaban J connectivity index is 1.71. The zero-order valence-electron chi connectivity index (χ0n) is 14.4. The lowest BCUT2D eigenvalue weighted by atomic mass is 9.79. The van der Waals surface area contributed by atoms with Crippen LogP contribution < -0.4 is 4.72 Å². The predicted octanol–water partition coefficient (Wildman–Crippen LogP) is 1.81. The van der Waals surface area contributed by atoms with Crippen LogP contribution in [-0.2, 0) is 23.1 Å². The summed E-state index contributed by atoms with van der Waals surface area (Å²) in [6.45, 7) is 3.08. The maximum Gasteiger partial charge on any atom is 0.335 e. The van der Waals surface area contributed by atoms with Crippen molar-refractivity contribution in [3.63, 3.8) is 0 Å². The summed E-state index contributed by atoms with van der Waals surface area (Å²) in [6.07, 6.45) is 4.37. The van der Waals surface area contributed by atoms with Crippen LogP contribution in [0.5, 0.6) is 0 Å². The first-order valence-corrected chi connectivity index (χ1v) is 10.4. The van der Waals surface area contributed by atoms with Crippen molar-refractivity contribution in [1.82, 2.24) is 9.03 Å². The molecule has 136 valence electrons. The summed E-state index contributed by atoms with van der Waals surface area (Å²) < 4.78 is 29.9. The maximum atomic E-state index is 12.6. The van der Waals surface area contributed by atoms with Crippen molar-refractivity contribution in [2.75, 3.05) is 13.1 Å². The molecular formula is C18H24N2O4S. The van der Waals surface area contributed by atoms with Crippen LogP contribution in [0.1, 0.15) is 47.7 Å². The number of carbonyl (C=O) groups is 1. The molecule has 1 heterocycles. The monoisotopic (exact) mass is 364 g/mol. The molecule has 2 N–H and O–H groups in total. The minimum absolute atomic E-state index is 0.222. The zero-order chi connectivity index (χ0) is 17.8. The van der Waals surface area contributed by atoms with Crippen molar-refractivity contribution < 1.29 is 18.3 Å². The number of nitrogens with zero attached hydrogens (tertiary/aromatic N) is 1. The van der Waals surface area contributed by atoms with Crippen LogP contribution in [0.2, 0.25) is 0 Å². The number of fused-ring (bicyclic) bond motifs is 1. The number of rotatable bonds is 3. The molecule has 25 heavy (non-hydrogen) atoms. The first kappa shape index (κ1) is 17.0. The van der Waals surface area contributed by atoms with Gasteiger partial charge in [0, 0.05) is 13.1 Å². The highest BCUT2D eigenvalue weighted by atomic mass is 32.2. The van der Waals surface area contributed by atoms with Gasteiger partial charge < -0.3 is 5.11 Å². The zero-order valence-corrected chi connectivity index (χ0v) is 15.2. The summed E-state index contributed by atoms with van der Waals surface area (Å²) in [5.74, 6) is -0.423. The fraction of sp³-hybridized carbons (Fsp3) is 0.611. The van der Waals surface area contributed by atoms with Gasteiger partial charge >= 0.3 is 5.97 Å². The van der Waals surface area contributed by atoms with Crippen molar-refractivity contribution in [3.05, 3.63) is 34.9 Å². The lowest BCUT2D eigenvalue weighted by Crippen LogP contribution is -2.52. The molecule has 3 unspecified atom stereocenters. The SMILES string of the molecule is CCCN1CC2(NS1(=O)=O)C1CCC2Cc2cc(C(=O)O)ccc2C1. The molecule has 1 spiro atoms. The van der Waals surface area contributed by atoms with Crippen molar-refractivity contribution in [2.45, 2.75) is 44.6 Å². The first-order valence-electron chi connectivity index (χ1n) is 9.00. The Labute approximate surface area is 148 Å². The van der Waals surface area contributed by atoms with E-state index in [1.54, 1.807) is 16.4 Å². The highest BCUT2D eigenvalue weighted by molar-refractivity contribution is 7.87. The highest BCUT2D eigenvalue weighted by Gasteiger charge is 2.59. The molecule has 7 heteroatoms. The fourth-order valence-corrected chi connectivity index (χ4v) is 6.90. The minimum Gasteiger partial charge on any atom is -0.478 e. The lowest BCUT2D eigenvalue weighted by molar-refractivity contribution is 0.0696. The largest absolute Gasteiger partial charge is 0.478 e. The quantitative estimate of drug-likeness (QED) is 0.856. The van der Waals surface area contributed by atoms with Gasteiger partial charge in [-0.2, -0.15) is 17.4 Å². The Kier molecular flexibility index (Phi) is 3.94. The average Bonchev–Trinajstić information content (AvgIpc) is 2.93. The van der Waals surface area contributed by atoms with Crippen molar-refractivity contribution in [2.24, 2.45) is 11.8 Å². The Morgan fingerprint density at radius 3 is 2.60 bits per heavy atom. The highest BCUT2D eigenvalue weighted by Crippen LogP contribution is 2.50. The Bertz CT molecular complexity index is 822. The fourth-order valence-electron chi connectivity index (χ4n) is 5.09. The molecule has 1 aliphatic heterocycles. The molecule has 1 aromatic rings. The topological polar surface area (TPSA) is 86.7 Å². The summed E-state index contributed by atoms with van der Waals surface area (Å²) in [7, 11) is -3.42. The maximum absolute atomic E-state index is 12.6. The number of hydrogen-bond acceptors (Lipinski definition) is 3. The lowest BCUT2D eigenvalue weighted by Gasteiger charge is -2.33. The molecule has 1 aromatic carbocycles. The van der Waals surface area contributed by atoms with Crippen molar-refractivity contribution >= 4 is 16.2 Å². The van der Waals surface area contributed by atoms with Crippen LogP contribution in [0.4, 0.5) is 0 Å². The standard InChI is InChI=1S/C18H24N2O4S/c1-2-7-20-11-18(19-25(20,23)24)15-5-6-16(18)10-14-8-13(17(21)22)4-3-12(14)9-15/h3-4,8,15-16,19H,2,5-7,9-11H2,1H3,(H,21,22). The summed E-state index contributed by atoms with van der Waals surface area (Å²) in [5.41, 5.74) is 2.14. The molecule has 2 aliphatic carbocycles. The van der Waals surface area contributed by atoms with Crippen LogP contribution in [0.25, 0.3) is 0 Å². The van der Waals surface area contributed by atoms with Crippen LogP contribution in [0.3, 0.4) is 0 Å². The molecule has 2 fully saturated rings. The first-order chi connectivity index (χ1) is 11.9. The summed E-state index contributed by atoms with van der Waals surface area (Å²) >= 11 is 0. The van der Waals surface area contributed by atoms with Crippen molar-refractivity contribution in [3.8, 4) is 0 Å². The van der Waals surface area contributed by atoms with Gasteiger partial charge in [0.2, 0.25) is 0 Å². The van der Waals surface area contributed by atoms with E-state index in [9.17, 15) is 18.3 Å². The van der Waals surface area contributed by atoms with Gasteiger partial charge in [-0.3, -0.25) is 0 Å². The van der Waals surface area contributed by atoms with Gasteiger partial charge in [-0.15, -0.1) is 0 Å². The van der Waals surface area contributed by atoms with Gasteiger partial charge in [-0.05, 0) is 67.2 Å². The second-order valence-electron chi connectivity index (χ2n) is 7.65. The van der Waals surface area contributed by atoms with Gasteiger partial charge in [0.15, 0.2) is 0 Å². The van der Waals surface area contributed by atoms with E-state index in [1.165, 1.54) is 5.56 Å². The van der Waals surface area contributed by atoms with Crippen LogP contribution >= 0.6 is 0 Å². The minimum atomic E-state index is -3.42. The summed E-state index contributed by atoms with van der Waals surface area (Å²) in [6, 6.07) is 5.36. The smallest absolute Gasteiger partial charge is 0.335 e. The molecule has 4 rings (SSSR count). The third-order valence-corrected chi connectivity index (χ3v) is 7.91. The molecule has 3 atom stereocenters. The van der Waals surface area contributed by atoms with E-state index in [1.807, 2.05) is 13.0 Å². The number of aromatic carboxylic acids is 1.